The Morgan fingerprint density at radius 2 is 2.50 bits per heavy atom. The highest BCUT2D eigenvalue weighted by Crippen LogP contribution is 2.04. The maximum absolute atomic E-state index is 8.76. The van der Waals surface area contributed by atoms with E-state index in [1.165, 1.54) is 0 Å². The molecule has 1 rings (SSSR count). The zero-order chi connectivity index (χ0) is 10.4. The van der Waals surface area contributed by atoms with Crippen LogP contribution in [-0.2, 0) is 6.54 Å². The number of rotatable bonds is 4. The third-order valence-electron chi connectivity index (χ3n) is 1.63. The number of nitriles is 1. The maximum atomic E-state index is 8.76. The summed E-state index contributed by atoms with van der Waals surface area (Å²) < 4.78 is 0.889. The number of nitrogens with one attached hydrogen (secondary N) is 1. The van der Waals surface area contributed by atoms with Gasteiger partial charge in [0.05, 0.1) is 0 Å². The first-order valence-corrected chi connectivity index (χ1v) is 4.91. The van der Waals surface area contributed by atoms with Crippen molar-refractivity contribution in [3.63, 3.8) is 0 Å². The fourth-order valence-corrected chi connectivity index (χ4v) is 1.21. The molecule has 0 saturated heterocycles. The molecule has 1 aromatic rings. The van der Waals surface area contributed by atoms with E-state index >= 15 is 0 Å². The van der Waals surface area contributed by atoms with Crippen molar-refractivity contribution in [2.75, 3.05) is 6.54 Å². The van der Waals surface area contributed by atoms with Gasteiger partial charge in [-0.05, 0) is 6.07 Å². The van der Waals surface area contributed by atoms with E-state index < -0.39 is 0 Å². The van der Waals surface area contributed by atoms with Crippen molar-refractivity contribution in [1.29, 1.82) is 5.26 Å². The lowest BCUT2D eigenvalue weighted by atomic mass is 10.2. The third-order valence-corrected chi connectivity index (χ3v) is 1.91. The molecule has 1 heterocycles. The summed E-state index contributed by atoms with van der Waals surface area (Å²) in [4.78, 5) is 3.96. The Kier molecular flexibility index (Phi) is 4.30. The van der Waals surface area contributed by atoms with E-state index in [-0.39, 0.29) is 0 Å². The number of hydrogen-bond acceptors (Lipinski definition) is 3. The molecule has 0 aliphatic heterocycles. The predicted octanol–water partition coefficient (Wildman–Crippen LogP) is 1.95. The highest BCUT2D eigenvalue weighted by molar-refractivity contribution is 9.11. The molecule has 0 aliphatic rings. The van der Waals surface area contributed by atoms with Gasteiger partial charge in [-0.25, -0.2) is 4.98 Å². The summed E-state index contributed by atoms with van der Waals surface area (Å²) in [7, 11) is 0. The molecular weight excluding hydrogens is 242 g/mol. The highest BCUT2D eigenvalue weighted by atomic mass is 79.9. The van der Waals surface area contributed by atoms with Crippen LogP contribution >= 0.6 is 15.9 Å². The molecule has 0 saturated carbocycles. The Bertz CT molecular complexity index is 368. The molecule has 1 N–H and O–H groups in total. The summed E-state index contributed by atoms with van der Waals surface area (Å²) in [5.74, 6) is 0. The minimum Gasteiger partial charge on any atom is -0.308 e. The van der Waals surface area contributed by atoms with Gasteiger partial charge in [0.25, 0.3) is 0 Å². The van der Waals surface area contributed by atoms with Crippen LogP contribution < -0.4 is 5.32 Å². The van der Waals surface area contributed by atoms with Crippen molar-refractivity contribution in [2.45, 2.75) is 6.54 Å². The molecule has 14 heavy (non-hydrogen) atoms. The lowest BCUT2D eigenvalue weighted by molar-refractivity contribution is 0.752. The minimum absolute atomic E-state index is 0.472. The number of hydrogen-bond donors (Lipinski definition) is 1. The van der Waals surface area contributed by atoms with Crippen molar-refractivity contribution in [3.05, 3.63) is 40.6 Å². The summed E-state index contributed by atoms with van der Waals surface area (Å²) in [6.45, 7) is 5.01. The lowest BCUT2D eigenvalue weighted by Gasteiger charge is -2.04. The highest BCUT2D eigenvalue weighted by Gasteiger charge is 2.00. The van der Waals surface area contributed by atoms with E-state index in [1.807, 2.05) is 18.2 Å². The molecule has 72 valence electrons. The van der Waals surface area contributed by atoms with Crippen LogP contribution in [0.4, 0.5) is 0 Å². The predicted molar refractivity (Wildman–Crippen MR) is 58.7 cm³/mol. The molecule has 0 unspecified atom stereocenters. The van der Waals surface area contributed by atoms with Crippen LogP contribution in [0.2, 0.25) is 0 Å². The number of pyridine rings is 1. The van der Waals surface area contributed by atoms with E-state index in [1.54, 1.807) is 6.20 Å². The summed E-state index contributed by atoms with van der Waals surface area (Å²) in [6.07, 6.45) is 1.62. The van der Waals surface area contributed by atoms with Gasteiger partial charge in [0.1, 0.15) is 11.8 Å². The molecule has 4 heteroatoms. The molecule has 0 radical (unpaired) electrons. The smallest absolute Gasteiger partial charge is 0.144 e. The van der Waals surface area contributed by atoms with Crippen molar-refractivity contribution in [1.82, 2.24) is 10.3 Å². The third kappa shape index (κ3) is 3.29. The fraction of sp³-hybridized carbons (Fsp3) is 0.200. The van der Waals surface area contributed by atoms with Crippen LogP contribution in [0.15, 0.2) is 29.4 Å². The first kappa shape index (κ1) is 10.9. The summed E-state index contributed by atoms with van der Waals surface area (Å²) >= 11 is 3.25. The number of halogens is 1. The molecule has 0 aromatic carbocycles. The van der Waals surface area contributed by atoms with Gasteiger partial charge in [0, 0.05) is 29.3 Å². The van der Waals surface area contributed by atoms with Crippen LogP contribution in [0.3, 0.4) is 0 Å². The molecule has 0 aliphatic carbocycles. The zero-order valence-corrected chi connectivity index (χ0v) is 9.21. The summed E-state index contributed by atoms with van der Waals surface area (Å²) in [5.41, 5.74) is 1.38. The molecular formula is C10H10BrN3. The van der Waals surface area contributed by atoms with E-state index in [9.17, 15) is 0 Å². The molecule has 0 fully saturated rings. The van der Waals surface area contributed by atoms with E-state index in [4.69, 9.17) is 5.26 Å². The Morgan fingerprint density at radius 1 is 1.71 bits per heavy atom. The Hall–Kier alpha value is -1.18. The molecule has 3 nitrogen and oxygen atoms in total. The SMILES string of the molecule is C=C(Br)CNCc1cccnc1C#N. The van der Waals surface area contributed by atoms with Gasteiger partial charge in [-0.1, -0.05) is 28.6 Å². The monoisotopic (exact) mass is 251 g/mol. The van der Waals surface area contributed by atoms with Gasteiger partial charge < -0.3 is 5.32 Å². The molecule has 1 aromatic heterocycles. The fourth-order valence-electron chi connectivity index (χ4n) is 1.01. The minimum atomic E-state index is 0.472. The van der Waals surface area contributed by atoms with Gasteiger partial charge >= 0.3 is 0 Å². The van der Waals surface area contributed by atoms with Gasteiger partial charge in [-0.2, -0.15) is 5.26 Å². The second-order valence-electron chi connectivity index (χ2n) is 2.74. The van der Waals surface area contributed by atoms with Crippen molar-refractivity contribution in [2.24, 2.45) is 0 Å². The van der Waals surface area contributed by atoms with E-state index in [2.05, 4.69) is 32.8 Å². The van der Waals surface area contributed by atoms with Crippen LogP contribution in [0.25, 0.3) is 0 Å². The molecule has 0 spiro atoms. The Balaban J connectivity index is 2.59. The second-order valence-corrected chi connectivity index (χ2v) is 3.87. The normalized spacial score (nSPS) is 9.43. The van der Waals surface area contributed by atoms with Crippen LogP contribution in [0.1, 0.15) is 11.3 Å². The number of aromatic nitrogens is 1. The molecule has 0 amide bonds. The first-order chi connectivity index (χ1) is 6.74. The standard InChI is InChI=1S/C10H10BrN3/c1-8(11)6-13-7-9-3-2-4-14-10(9)5-12/h2-4,13H,1,6-7H2. The van der Waals surface area contributed by atoms with Gasteiger partial charge in [-0.3, -0.25) is 0 Å². The molecule has 0 bridgehead atoms. The summed E-state index contributed by atoms with van der Waals surface area (Å²) in [6, 6.07) is 5.75. The van der Waals surface area contributed by atoms with E-state index in [0.29, 0.717) is 18.8 Å². The largest absolute Gasteiger partial charge is 0.308 e. The van der Waals surface area contributed by atoms with Crippen molar-refractivity contribution < 1.29 is 0 Å². The maximum Gasteiger partial charge on any atom is 0.144 e. The van der Waals surface area contributed by atoms with E-state index in [0.717, 1.165) is 10.0 Å². The quantitative estimate of drug-likeness (QED) is 0.890. The van der Waals surface area contributed by atoms with Crippen LogP contribution in [0.5, 0.6) is 0 Å². The second kappa shape index (κ2) is 5.53. The van der Waals surface area contributed by atoms with Crippen molar-refractivity contribution >= 4 is 15.9 Å². The lowest BCUT2D eigenvalue weighted by Crippen LogP contribution is -2.15. The Morgan fingerprint density at radius 3 is 3.14 bits per heavy atom. The van der Waals surface area contributed by atoms with Crippen LogP contribution in [0, 0.1) is 11.3 Å². The number of nitrogens with zero attached hydrogens (tertiary/aromatic N) is 2. The summed E-state index contributed by atoms with van der Waals surface area (Å²) in [5, 5.41) is 11.9. The van der Waals surface area contributed by atoms with Crippen LogP contribution in [-0.4, -0.2) is 11.5 Å². The average Bonchev–Trinajstić information content (AvgIpc) is 2.18. The first-order valence-electron chi connectivity index (χ1n) is 4.12. The van der Waals surface area contributed by atoms with Gasteiger partial charge in [0.15, 0.2) is 0 Å². The average molecular weight is 252 g/mol. The zero-order valence-electron chi connectivity index (χ0n) is 7.63. The van der Waals surface area contributed by atoms with Crippen molar-refractivity contribution in [3.8, 4) is 6.07 Å². The Labute approximate surface area is 91.6 Å². The van der Waals surface area contributed by atoms with Gasteiger partial charge in [0.2, 0.25) is 0 Å². The van der Waals surface area contributed by atoms with Gasteiger partial charge in [-0.15, -0.1) is 0 Å². The molecule has 0 atom stereocenters. The topological polar surface area (TPSA) is 48.7 Å².